The summed E-state index contributed by atoms with van der Waals surface area (Å²) in [5, 5.41) is 3.35. The summed E-state index contributed by atoms with van der Waals surface area (Å²) in [6.45, 7) is 9.05. The van der Waals surface area contributed by atoms with Gasteiger partial charge in [0, 0.05) is 19.6 Å². The Morgan fingerprint density at radius 1 is 1.15 bits per heavy atom. The predicted octanol–water partition coefficient (Wildman–Crippen LogP) is 2.29. The summed E-state index contributed by atoms with van der Waals surface area (Å²) in [6.07, 6.45) is 5.10. The first-order chi connectivity index (χ1) is 9.62. The third kappa shape index (κ3) is 3.49. The molecule has 0 atom stereocenters. The smallest absolute Gasteiger partial charge is 0.231 e. The second-order valence-corrected chi connectivity index (χ2v) is 5.59. The molecule has 3 N–H and O–H groups in total. The number of aromatic nitrogens is 3. The molecule has 112 valence electrons. The van der Waals surface area contributed by atoms with Crippen molar-refractivity contribution in [2.45, 2.75) is 46.5 Å². The van der Waals surface area contributed by atoms with E-state index in [2.05, 4.69) is 45.9 Å². The van der Waals surface area contributed by atoms with Gasteiger partial charge in [0.15, 0.2) is 0 Å². The molecule has 1 aliphatic carbocycles. The van der Waals surface area contributed by atoms with E-state index in [0.29, 0.717) is 17.3 Å². The highest BCUT2D eigenvalue weighted by molar-refractivity contribution is 5.42. The molecular formula is C14H26N6. The fourth-order valence-corrected chi connectivity index (χ4v) is 2.60. The Labute approximate surface area is 121 Å². The fraction of sp³-hybridized carbons (Fsp3) is 0.786. The van der Waals surface area contributed by atoms with Crippen LogP contribution in [0, 0.1) is 5.41 Å². The van der Waals surface area contributed by atoms with E-state index >= 15 is 0 Å². The Bertz CT molecular complexity index is 439. The normalized spacial score (nSPS) is 15.9. The Morgan fingerprint density at radius 2 is 1.85 bits per heavy atom. The second kappa shape index (κ2) is 6.24. The quantitative estimate of drug-likeness (QED) is 0.759. The summed E-state index contributed by atoms with van der Waals surface area (Å²) in [4.78, 5) is 15.0. The molecule has 0 aromatic carbocycles. The first-order valence-corrected chi connectivity index (χ1v) is 7.63. The standard InChI is InChI=1S/C14H26N6/c1-4-7-14(8-9-14)10-16-12-17-11(15)18-13(19-12)20(5-2)6-3/h4-10H2,1-3H3,(H3,15,16,17,18,19). The van der Waals surface area contributed by atoms with Crippen LogP contribution in [-0.4, -0.2) is 34.6 Å². The molecule has 0 aliphatic heterocycles. The van der Waals surface area contributed by atoms with E-state index in [-0.39, 0.29) is 5.95 Å². The van der Waals surface area contributed by atoms with E-state index in [1.807, 2.05) is 0 Å². The van der Waals surface area contributed by atoms with E-state index in [1.165, 1.54) is 25.7 Å². The lowest BCUT2D eigenvalue weighted by atomic mass is 10.0. The number of nitrogens with one attached hydrogen (secondary N) is 1. The Kier molecular flexibility index (Phi) is 4.62. The first-order valence-electron chi connectivity index (χ1n) is 7.63. The van der Waals surface area contributed by atoms with Crippen LogP contribution in [0.1, 0.15) is 46.5 Å². The molecule has 1 heterocycles. The van der Waals surface area contributed by atoms with E-state index in [9.17, 15) is 0 Å². The van der Waals surface area contributed by atoms with Crippen molar-refractivity contribution >= 4 is 17.8 Å². The highest BCUT2D eigenvalue weighted by atomic mass is 15.3. The molecule has 6 heteroatoms. The summed E-state index contributed by atoms with van der Waals surface area (Å²) < 4.78 is 0. The number of rotatable bonds is 8. The van der Waals surface area contributed by atoms with Gasteiger partial charge in [-0.2, -0.15) is 15.0 Å². The van der Waals surface area contributed by atoms with E-state index in [4.69, 9.17) is 5.73 Å². The van der Waals surface area contributed by atoms with E-state index in [1.54, 1.807) is 0 Å². The molecule has 6 nitrogen and oxygen atoms in total. The lowest BCUT2D eigenvalue weighted by Crippen LogP contribution is -2.26. The predicted molar refractivity (Wildman–Crippen MR) is 82.9 cm³/mol. The summed E-state index contributed by atoms with van der Waals surface area (Å²) >= 11 is 0. The molecule has 1 fully saturated rings. The molecule has 0 bridgehead atoms. The van der Waals surface area contributed by atoms with E-state index in [0.717, 1.165) is 19.6 Å². The van der Waals surface area contributed by atoms with Crippen molar-refractivity contribution in [3.63, 3.8) is 0 Å². The van der Waals surface area contributed by atoms with Crippen LogP contribution in [0.15, 0.2) is 0 Å². The minimum atomic E-state index is 0.282. The van der Waals surface area contributed by atoms with E-state index < -0.39 is 0 Å². The van der Waals surface area contributed by atoms with Crippen LogP contribution in [0.2, 0.25) is 0 Å². The molecule has 0 amide bonds. The lowest BCUT2D eigenvalue weighted by molar-refractivity contribution is 0.484. The van der Waals surface area contributed by atoms with Gasteiger partial charge in [-0.05, 0) is 38.5 Å². The lowest BCUT2D eigenvalue weighted by Gasteiger charge is -2.20. The topological polar surface area (TPSA) is 80.0 Å². The molecule has 1 saturated carbocycles. The molecule has 0 saturated heterocycles. The van der Waals surface area contributed by atoms with Crippen molar-refractivity contribution in [3.05, 3.63) is 0 Å². The van der Waals surface area contributed by atoms with Gasteiger partial charge in [-0.3, -0.25) is 0 Å². The Balaban J connectivity index is 2.04. The van der Waals surface area contributed by atoms with Crippen LogP contribution in [0.4, 0.5) is 17.8 Å². The maximum Gasteiger partial charge on any atom is 0.231 e. The van der Waals surface area contributed by atoms with Crippen molar-refractivity contribution in [1.29, 1.82) is 0 Å². The van der Waals surface area contributed by atoms with Crippen LogP contribution in [0.5, 0.6) is 0 Å². The third-order valence-electron chi connectivity index (χ3n) is 4.05. The van der Waals surface area contributed by atoms with Crippen LogP contribution in [0.25, 0.3) is 0 Å². The Hall–Kier alpha value is -1.59. The molecule has 0 unspecified atom stereocenters. The van der Waals surface area contributed by atoms with Crippen molar-refractivity contribution in [2.24, 2.45) is 5.41 Å². The summed E-state index contributed by atoms with van der Waals surface area (Å²) in [5.74, 6) is 1.54. The van der Waals surface area contributed by atoms with Crippen LogP contribution < -0.4 is 16.0 Å². The number of nitrogen functional groups attached to an aromatic ring is 1. The van der Waals surface area contributed by atoms with Crippen molar-refractivity contribution in [2.75, 3.05) is 35.6 Å². The molecule has 0 radical (unpaired) electrons. The largest absolute Gasteiger partial charge is 0.368 e. The van der Waals surface area contributed by atoms with Crippen LogP contribution in [-0.2, 0) is 0 Å². The average Bonchev–Trinajstić information content (AvgIpc) is 3.18. The molecule has 20 heavy (non-hydrogen) atoms. The highest BCUT2D eigenvalue weighted by Gasteiger charge is 2.41. The average molecular weight is 278 g/mol. The van der Waals surface area contributed by atoms with Crippen molar-refractivity contribution in [3.8, 4) is 0 Å². The van der Waals surface area contributed by atoms with Gasteiger partial charge in [-0.25, -0.2) is 0 Å². The monoisotopic (exact) mass is 278 g/mol. The minimum Gasteiger partial charge on any atom is -0.368 e. The van der Waals surface area contributed by atoms with Crippen molar-refractivity contribution < 1.29 is 0 Å². The minimum absolute atomic E-state index is 0.282. The van der Waals surface area contributed by atoms with Gasteiger partial charge in [0.1, 0.15) is 0 Å². The summed E-state index contributed by atoms with van der Waals surface area (Å²) in [5.41, 5.74) is 6.26. The maximum atomic E-state index is 5.79. The number of nitrogens with two attached hydrogens (primary N) is 1. The van der Waals surface area contributed by atoms with Gasteiger partial charge in [0.05, 0.1) is 0 Å². The maximum absolute atomic E-state index is 5.79. The number of nitrogens with zero attached hydrogens (tertiary/aromatic N) is 4. The number of hydrogen-bond acceptors (Lipinski definition) is 6. The molecule has 2 rings (SSSR count). The molecule has 1 aromatic heterocycles. The SMILES string of the molecule is CCCC1(CNc2nc(N)nc(N(CC)CC)n2)CC1. The second-order valence-electron chi connectivity index (χ2n) is 5.59. The molecule has 0 spiro atoms. The molecular weight excluding hydrogens is 252 g/mol. The third-order valence-corrected chi connectivity index (χ3v) is 4.05. The van der Waals surface area contributed by atoms with Gasteiger partial charge in [-0.15, -0.1) is 0 Å². The van der Waals surface area contributed by atoms with Gasteiger partial charge in [0.2, 0.25) is 17.8 Å². The summed E-state index contributed by atoms with van der Waals surface area (Å²) in [6, 6.07) is 0. The summed E-state index contributed by atoms with van der Waals surface area (Å²) in [7, 11) is 0. The van der Waals surface area contributed by atoms with Gasteiger partial charge >= 0.3 is 0 Å². The van der Waals surface area contributed by atoms with Crippen LogP contribution >= 0.6 is 0 Å². The van der Waals surface area contributed by atoms with Crippen molar-refractivity contribution in [1.82, 2.24) is 15.0 Å². The van der Waals surface area contributed by atoms with Gasteiger partial charge in [-0.1, -0.05) is 13.3 Å². The van der Waals surface area contributed by atoms with Gasteiger partial charge in [0.25, 0.3) is 0 Å². The molecule has 1 aliphatic rings. The zero-order valence-corrected chi connectivity index (χ0v) is 12.8. The first kappa shape index (κ1) is 14.8. The number of anilines is 3. The Morgan fingerprint density at radius 3 is 2.40 bits per heavy atom. The zero-order valence-electron chi connectivity index (χ0n) is 12.8. The highest BCUT2D eigenvalue weighted by Crippen LogP contribution is 2.49. The zero-order chi connectivity index (χ0) is 14.6. The molecule has 1 aromatic rings. The van der Waals surface area contributed by atoms with Crippen LogP contribution in [0.3, 0.4) is 0 Å². The van der Waals surface area contributed by atoms with Gasteiger partial charge < -0.3 is 16.0 Å². The fourth-order valence-electron chi connectivity index (χ4n) is 2.60. The number of hydrogen-bond donors (Lipinski definition) is 2.